The van der Waals surface area contributed by atoms with Gasteiger partial charge in [-0.15, -0.1) is 0 Å². The highest BCUT2D eigenvalue weighted by Crippen LogP contribution is 2.17. The van der Waals surface area contributed by atoms with Gasteiger partial charge in [0.15, 0.2) is 9.84 Å². The van der Waals surface area contributed by atoms with Crippen LogP contribution in [0.2, 0.25) is 0 Å². The van der Waals surface area contributed by atoms with Crippen molar-refractivity contribution in [1.82, 2.24) is 0 Å². The molecule has 2 rings (SSSR count). The van der Waals surface area contributed by atoms with Gasteiger partial charge >= 0.3 is 5.97 Å². The standard InChI is InChI=1S/C18H18O4S/c1-2-22-18(19)13-10-15-8-11-17(12-9-15)23(20,21)14-16-6-4-3-5-7-16/h3-13H,2,14H2,1H3/b13-10+. The van der Waals surface area contributed by atoms with Crippen LogP contribution in [-0.2, 0) is 25.1 Å². The molecule has 0 radical (unpaired) electrons. The highest BCUT2D eigenvalue weighted by molar-refractivity contribution is 7.90. The van der Waals surface area contributed by atoms with Gasteiger partial charge in [0.2, 0.25) is 0 Å². The fourth-order valence-corrected chi connectivity index (χ4v) is 3.37. The van der Waals surface area contributed by atoms with Crippen LogP contribution in [0.1, 0.15) is 18.1 Å². The molecule has 0 unspecified atom stereocenters. The van der Waals surface area contributed by atoms with Gasteiger partial charge in [-0.1, -0.05) is 42.5 Å². The lowest BCUT2D eigenvalue weighted by atomic mass is 10.2. The number of ether oxygens (including phenoxy) is 1. The van der Waals surface area contributed by atoms with Crippen molar-refractivity contribution in [1.29, 1.82) is 0 Å². The lowest BCUT2D eigenvalue weighted by Gasteiger charge is -2.05. The minimum absolute atomic E-state index is 0.0359. The Bertz CT molecular complexity index is 776. The zero-order valence-corrected chi connectivity index (χ0v) is 13.6. The minimum Gasteiger partial charge on any atom is -0.463 e. The van der Waals surface area contributed by atoms with Gasteiger partial charge in [0, 0.05) is 6.08 Å². The van der Waals surface area contributed by atoms with E-state index in [4.69, 9.17) is 4.74 Å². The number of benzene rings is 2. The maximum Gasteiger partial charge on any atom is 0.330 e. The Balaban J connectivity index is 2.11. The summed E-state index contributed by atoms with van der Waals surface area (Å²) in [5, 5.41) is 0. The third-order valence-corrected chi connectivity index (χ3v) is 4.84. The Hall–Kier alpha value is -2.40. The van der Waals surface area contributed by atoms with E-state index in [2.05, 4.69) is 0 Å². The van der Waals surface area contributed by atoms with Gasteiger partial charge in [0.1, 0.15) is 0 Å². The molecule has 0 atom stereocenters. The van der Waals surface area contributed by atoms with Crippen molar-refractivity contribution < 1.29 is 17.9 Å². The van der Waals surface area contributed by atoms with Crippen LogP contribution in [0.25, 0.3) is 6.08 Å². The summed E-state index contributed by atoms with van der Waals surface area (Å²) in [4.78, 5) is 11.5. The molecule has 0 spiro atoms. The van der Waals surface area contributed by atoms with Crippen molar-refractivity contribution in [2.75, 3.05) is 6.61 Å². The molecule has 2 aromatic carbocycles. The molecule has 0 heterocycles. The molecule has 0 saturated heterocycles. The Morgan fingerprint density at radius 2 is 1.70 bits per heavy atom. The molecule has 5 heteroatoms. The molecule has 0 saturated carbocycles. The molecule has 0 amide bonds. The van der Waals surface area contributed by atoms with E-state index in [0.29, 0.717) is 6.61 Å². The van der Waals surface area contributed by atoms with Gasteiger partial charge in [-0.05, 0) is 36.3 Å². The van der Waals surface area contributed by atoms with Gasteiger partial charge < -0.3 is 4.74 Å². The summed E-state index contributed by atoms with van der Waals surface area (Å²) in [5.41, 5.74) is 1.48. The molecule has 23 heavy (non-hydrogen) atoms. The molecule has 4 nitrogen and oxygen atoms in total. The maximum absolute atomic E-state index is 12.4. The van der Waals surface area contributed by atoms with E-state index >= 15 is 0 Å². The van der Waals surface area contributed by atoms with Gasteiger partial charge in [-0.25, -0.2) is 13.2 Å². The van der Waals surface area contributed by atoms with Crippen LogP contribution in [0.4, 0.5) is 0 Å². The van der Waals surface area contributed by atoms with Crippen LogP contribution in [0, 0.1) is 0 Å². The molecular weight excluding hydrogens is 312 g/mol. The zero-order valence-electron chi connectivity index (χ0n) is 12.8. The molecule has 2 aromatic rings. The minimum atomic E-state index is -3.39. The number of esters is 1. The van der Waals surface area contributed by atoms with E-state index in [9.17, 15) is 13.2 Å². The van der Waals surface area contributed by atoms with Crippen molar-refractivity contribution in [3.05, 3.63) is 71.8 Å². The Kier molecular flexibility index (Phi) is 5.71. The molecular formula is C18H18O4S. The van der Waals surface area contributed by atoms with Crippen LogP contribution < -0.4 is 0 Å². The number of carbonyl (C=O) groups is 1. The van der Waals surface area contributed by atoms with E-state index in [1.807, 2.05) is 18.2 Å². The highest BCUT2D eigenvalue weighted by atomic mass is 32.2. The van der Waals surface area contributed by atoms with Crippen molar-refractivity contribution in [3.8, 4) is 0 Å². The average molecular weight is 330 g/mol. The fraction of sp³-hybridized carbons (Fsp3) is 0.167. The maximum atomic E-state index is 12.4. The molecule has 0 N–H and O–H groups in total. The van der Waals surface area contributed by atoms with Crippen molar-refractivity contribution in [3.63, 3.8) is 0 Å². The summed E-state index contributed by atoms with van der Waals surface area (Å²) in [6.45, 7) is 2.05. The van der Waals surface area contributed by atoms with E-state index in [1.165, 1.54) is 6.08 Å². The van der Waals surface area contributed by atoms with Crippen LogP contribution in [0.3, 0.4) is 0 Å². The van der Waals surface area contributed by atoms with E-state index < -0.39 is 15.8 Å². The van der Waals surface area contributed by atoms with Crippen LogP contribution >= 0.6 is 0 Å². The SMILES string of the molecule is CCOC(=O)/C=C/c1ccc(S(=O)(=O)Cc2ccccc2)cc1. The lowest BCUT2D eigenvalue weighted by molar-refractivity contribution is -0.137. The summed E-state index contributed by atoms with van der Waals surface area (Å²) in [7, 11) is -3.39. The molecule has 0 aromatic heterocycles. The van der Waals surface area contributed by atoms with E-state index in [0.717, 1.165) is 11.1 Å². The quantitative estimate of drug-likeness (QED) is 0.602. The smallest absolute Gasteiger partial charge is 0.330 e. The first-order valence-corrected chi connectivity index (χ1v) is 8.88. The third-order valence-electron chi connectivity index (χ3n) is 3.14. The average Bonchev–Trinajstić information content (AvgIpc) is 2.54. The largest absolute Gasteiger partial charge is 0.463 e. The first kappa shape index (κ1) is 17.0. The second-order valence-corrected chi connectivity index (χ2v) is 6.89. The number of hydrogen-bond acceptors (Lipinski definition) is 4. The molecule has 0 bridgehead atoms. The summed E-state index contributed by atoms with van der Waals surface area (Å²) in [6.07, 6.45) is 2.91. The lowest BCUT2D eigenvalue weighted by Crippen LogP contribution is -2.04. The molecule has 0 aliphatic rings. The second-order valence-electron chi connectivity index (χ2n) is 4.90. The summed E-state index contributed by atoms with van der Waals surface area (Å²) >= 11 is 0. The topological polar surface area (TPSA) is 60.4 Å². The van der Waals surface area contributed by atoms with Crippen LogP contribution in [0.15, 0.2) is 65.6 Å². The zero-order chi connectivity index (χ0) is 16.7. The predicted molar refractivity (Wildman–Crippen MR) is 89.4 cm³/mol. The Labute approximate surface area is 136 Å². The second kappa shape index (κ2) is 7.74. The predicted octanol–water partition coefficient (Wildman–Crippen LogP) is 3.24. The monoisotopic (exact) mass is 330 g/mol. The molecule has 0 aliphatic heterocycles. The van der Waals surface area contributed by atoms with Crippen molar-refractivity contribution in [2.24, 2.45) is 0 Å². The van der Waals surface area contributed by atoms with Gasteiger partial charge in [0.25, 0.3) is 0 Å². The third kappa shape index (κ3) is 5.07. The number of rotatable bonds is 6. The summed E-state index contributed by atoms with van der Waals surface area (Å²) < 4.78 is 29.5. The van der Waals surface area contributed by atoms with E-state index in [1.54, 1.807) is 49.4 Å². The van der Waals surface area contributed by atoms with Gasteiger partial charge in [0.05, 0.1) is 17.3 Å². The fourth-order valence-electron chi connectivity index (χ4n) is 2.02. The molecule has 0 aliphatic carbocycles. The van der Waals surface area contributed by atoms with Crippen LogP contribution in [0.5, 0.6) is 0 Å². The number of sulfone groups is 1. The number of hydrogen-bond donors (Lipinski definition) is 0. The highest BCUT2D eigenvalue weighted by Gasteiger charge is 2.14. The van der Waals surface area contributed by atoms with Gasteiger partial charge in [-0.2, -0.15) is 0 Å². The Morgan fingerprint density at radius 3 is 2.30 bits per heavy atom. The van der Waals surface area contributed by atoms with Crippen LogP contribution in [-0.4, -0.2) is 21.0 Å². The van der Waals surface area contributed by atoms with Crippen molar-refractivity contribution in [2.45, 2.75) is 17.6 Å². The molecule has 120 valence electrons. The first-order valence-electron chi connectivity index (χ1n) is 7.23. The Morgan fingerprint density at radius 1 is 1.04 bits per heavy atom. The number of carbonyl (C=O) groups excluding carboxylic acids is 1. The normalized spacial score (nSPS) is 11.5. The van der Waals surface area contributed by atoms with Gasteiger partial charge in [-0.3, -0.25) is 0 Å². The van der Waals surface area contributed by atoms with Crippen molar-refractivity contribution >= 4 is 21.9 Å². The summed E-state index contributed by atoms with van der Waals surface area (Å²) in [5.74, 6) is -0.459. The molecule has 0 fully saturated rings. The summed E-state index contributed by atoms with van der Waals surface area (Å²) in [6, 6.07) is 15.5. The first-order chi connectivity index (χ1) is 11.0. The van der Waals surface area contributed by atoms with E-state index in [-0.39, 0.29) is 10.6 Å².